The third-order valence-electron chi connectivity index (χ3n) is 2.98. The Labute approximate surface area is 114 Å². The highest BCUT2D eigenvalue weighted by Crippen LogP contribution is 2.31. The average Bonchev–Trinajstić information content (AvgIpc) is 2.69. The van der Waals surface area contributed by atoms with E-state index in [1.165, 1.54) is 18.3 Å². The number of rotatable bonds is 3. The minimum Gasteiger partial charge on any atom is -0.271 e. The molecule has 3 N–H and O–H groups in total. The van der Waals surface area contributed by atoms with E-state index in [0.717, 1.165) is 15.6 Å². The second-order valence-electron chi connectivity index (χ2n) is 4.38. The highest BCUT2D eigenvalue weighted by molar-refractivity contribution is 7.11. The highest BCUT2D eigenvalue weighted by Gasteiger charge is 2.23. The molecule has 0 bridgehead atoms. The summed E-state index contributed by atoms with van der Waals surface area (Å²) < 4.78 is 27.7. The molecule has 0 saturated heterocycles. The van der Waals surface area contributed by atoms with Gasteiger partial charge >= 0.3 is 0 Å². The van der Waals surface area contributed by atoms with E-state index in [2.05, 4.69) is 10.4 Å². The van der Waals surface area contributed by atoms with E-state index < -0.39 is 17.7 Å². The van der Waals surface area contributed by atoms with Crippen LogP contribution in [0.3, 0.4) is 0 Å². The van der Waals surface area contributed by atoms with Crippen LogP contribution in [0.4, 0.5) is 8.78 Å². The maximum absolute atomic E-state index is 14.0. The molecule has 0 aliphatic rings. The molecule has 0 amide bonds. The predicted octanol–water partition coefficient (Wildman–Crippen LogP) is 2.90. The number of hydrazine groups is 1. The maximum Gasteiger partial charge on any atom is 0.164 e. The van der Waals surface area contributed by atoms with Crippen molar-refractivity contribution in [3.05, 3.63) is 50.5 Å². The van der Waals surface area contributed by atoms with E-state index >= 15 is 0 Å². The van der Waals surface area contributed by atoms with Gasteiger partial charge in [0.15, 0.2) is 11.6 Å². The van der Waals surface area contributed by atoms with Gasteiger partial charge in [0.2, 0.25) is 0 Å². The summed E-state index contributed by atoms with van der Waals surface area (Å²) in [6.07, 6.45) is 0. The van der Waals surface area contributed by atoms with Gasteiger partial charge in [-0.05, 0) is 26.3 Å². The number of hydrogen-bond donors (Lipinski definition) is 2. The number of aryl methyl sites for hydroxylation is 3. The lowest BCUT2D eigenvalue weighted by molar-refractivity contribution is 0.479. The number of aromatic nitrogens is 1. The molecule has 2 aromatic rings. The van der Waals surface area contributed by atoms with Crippen molar-refractivity contribution in [2.45, 2.75) is 26.8 Å². The number of hydrogen-bond acceptors (Lipinski definition) is 4. The summed E-state index contributed by atoms with van der Waals surface area (Å²) in [5.41, 5.74) is 3.77. The fraction of sp³-hybridized carbons (Fsp3) is 0.308. The van der Waals surface area contributed by atoms with Gasteiger partial charge in [0.25, 0.3) is 0 Å². The van der Waals surface area contributed by atoms with E-state index in [1.54, 1.807) is 12.1 Å². The second kappa shape index (κ2) is 5.32. The maximum atomic E-state index is 14.0. The van der Waals surface area contributed by atoms with Crippen LogP contribution in [0.25, 0.3) is 0 Å². The molecule has 1 atom stereocenters. The molecule has 0 spiro atoms. The Bertz CT molecular complexity index is 610. The van der Waals surface area contributed by atoms with Gasteiger partial charge in [-0.15, -0.1) is 11.3 Å². The van der Waals surface area contributed by atoms with Crippen molar-refractivity contribution in [3.63, 3.8) is 0 Å². The molecule has 0 fully saturated rings. The van der Waals surface area contributed by atoms with Crippen LogP contribution >= 0.6 is 11.3 Å². The van der Waals surface area contributed by atoms with Gasteiger partial charge in [-0.1, -0.05) is 12.1 Å². The topological polar surface area (TPSA) is 50.9 Å². The summed E-state index contributed by atoms with van der Waals surface area (Å²) in [4.78, 5) is 5.08. The van der Waals surface area contributed by atoms with Crippen molar-refractivity contribution in [1.82, 2.24) is 10.4 Å². The first-order valence-electron chi connectivity index (χ1n) is 5.80. The average molecular weight is 283 g/mol. The van der Waals surface area contributed by atoms with Crippen LogP contribution in [0.15, 0.2) is 12.1 Å². The fourth-order valence-electron chi connectivity index (χ4n) is 2.01. The van der Waals surface area contributed by atoms with Crippen molar-refractivity contribution in [2.75, 3.05) is 0 Å². The molecule has 1 aromatic heterocycles. The van der Waals surface area contributed by atoms with E-state index in [9.17, 15) is 8.78 Å². The Hall–Kier alpha value is -1.37. The van der Waals surface area contributed by atoms with E-state index in [4.69, 9.17) is 5.84 Å². The Balaban J connectivity index is 2.54. The lowest BCUT2D eigenvalue weighted by atomic mass is 10.0. The van der Waals surface area contributed by atoms with Gasteiger partial charge in [0, 0.05) is 5.56 Å². The Morgan fingerprint density at radius 3 is 2.42 bits per heavy atom. The standard InChI is InChI=1S/C13H15F2N3S/c1-6-4-5-9(11(15)10(6)14)12(18-16)13-7(2)17-8(3)19-13/h4-5,12,18H,16H2,1-3H3. The van der Waals surface area contributed by atoms with E-state index in [-0.39, 0.29) is 11.1 Å². The molecule has 0 radical (unpaired) electrons. The normalized spacial score (nSPS) is 12.7. The zero-order chi connectivity index (χ0) is 14.2. The number of nitrogens with two attached hydrogens (primary N) is 1. The molecule has 1 heterocycles. The lowest BCUT2D eigenvalue weighted by Crippen LogP contribution is -2.29. The minimum absolute atomic E-state index is 0.192. The van der Waals surface area contributed by atoms with Crippen LogP contribution in [-0.2, 0) is 0 Å². The molecule has 0 aliphatic heterocycles. The van der Waals surface area contributed by atoms with Gasteiger partial charge in [-0.25, -0.2) is 19.2 Å². The molecule has 1 aromatic carbocycles. The minimum atomic E-state index is -0.867. The predicted molar refractivity (Wildman–Crippen MR) is 71.8 cm³/mol. The summed E-state index contributed by atoms with van der Waals surface area (Å²) in [5, 5.41) is 0.862. The largest absolute Gasteiger partial charge is 0.271 e. The van der Waals surface area contributed by atoms with Crippen LogP contribution in [0, 0.1) is 32.4 Å². The number of thiazole rings is 1. The first-order chi connectivity index (χ1) is 8.95. The van der Waals surface area contributed by atoms with Crippen molar-refractivity contribution >= 4 is 11.3 Å². The molecule has 1 unspecified atom stereocenters. The number of halogens is 2. The smallest absolute Gasteiger partial charge is 0.164 e. The molecule has 102 valence electrons. The molecule has 2 rings (SSSR count). The van der Waals surface area contributed by atoms with Gasteiger partial charge < -0.3 is 0 Å². The van der Waals surface area contributed by atoms with Crippen molar-refractivity contribution in [1.29, 1.82) is 0 Å². The number of nitrogens with zero attached hydrogens (tertiary/aromatic N) is 1. The second-order valence-corrected chi connectivity index (χ2v) is 5.62. The molecule has 0 aliphatic carbocycles. The summed E-state index contributed by atoms with van der Waals surface area (Å²) in [7, 11) is 0. The quantitative estimate of drug-likeness (QED) is 0.672. The zero-order valence-corrected chi connectivity index (χ0v) is 11.7. The lowest BCUT2D eigenvalue weighted by Gasteiger charge is -2.17. The zero-order valence-electron chi connectivity index (χ0n) is 10.9. The molecular formula is C13H15F2N3S. The van der Waals surface area contributed by atoms with Crippen molar-refractivity contribution in [2.24, 2.45) is 5.84 Å². The van der Waals surface area contributed by atoms with Crippen LogP contribution < -0.4 is 11.3 Å². The Morgan fingerprint density at radius 2 is 1.89 bits per heavy atom. The van der Waals surface area contributed by atoms with E-state index in [0.29, 0.717) is 0 Å². The molecule has 3 nitrogen and oxygen atoms in total. The van der Waals surface area contributed by atoms with Gasteiger partial charge in [0.05, 0.1) is 21.6 Å². The van der Waals surface area contributed by atoms with E-state index in [1.807, 2.05) is 13.8 Å². The highest BCUT2D eigenvalue weighted by atomic mass is 32.1. The summed E-state index contributed by atoms with van der Waals surface area (Å²) in [5.74, 6) is 3.81. The summed E-state index contributed by atoms with van der Waals surface area (Å²) in [6.45, 7) is 5.21. The van der Waals surface area contributed by atoms with Crippen molar-refractivity contribution < 1.29 is 8.78 Å². The number of nitrogens with one attached hydrogen (secondary N) is 1. The Morgan fingerprint density at radius 1 is 1.21 bits per heavy atom. The van der Waals surface area contributed by atoms with Gasteiger partial charge in [-0.3, -0.25) is 5.84 Å². The first-order valence-corrected chi connectivity index (χ1v) is 6.62. The molecular weight excluding hydrogens is 268 g/mol. The van der Waals surface area contributed by atoms with Crippen LogP contribution in [0.2, 0.25) is 0 Å². The summed E-state index contributed by atoms with van der Waals surface area (Å²) in [6, 6.07) is 2.50. The molecule has 6 heteroatoms. The van der Waals surface area contributed by atoms with Gasteiger partial charge in [-0.2, -0.15) is 0 Å². The third-order valence-corrected chi connectivity index (χ3v) is 4.12. The summed E-state index contributed by atoms with van der Waals surface area (Å²) >= 11 is 1.42. The third kappa shape index (κ3) is 2.51. The number of benzene rings is 1. The van der Waals surface area contributed by atoms with Crippen LogP contribution in [0.1, 0.15) is 32.7 Å². The van der Waals surface area contributed by atoms with Crippen LogP contribution in [-0.4, -0.2) is 4.98 Å². The van der Waals surface area contributed by atoms with Crippen molar-refractivity contribution in [3.8, 4) is 0 Å². The monoisotopic (exact) mass is 283 g/mol. The fourth-order valence-corrected chi connectivity index (χ4v) is 3.01. The first kappa shape index (κ1) is 14.0. The SMILES string of the molecule is Cc1nc(C)c(C(NN)c2ccc(C)c(F)c2F)s1. The van der Waals surface area contributed by atoms with Gasteiger partial charge in [0.1, 0.15) is 0 Å². The molecule has 0 saturated carbocycles. The Kier molecular flexibility index (Phi) is 3.93. The van der Waals surface area contributed by atoms with Crippen LogP contribution in [0.5, 0.6) is 0 Å². The molecule has 19 heavy (non-hydrogen) atoms.